The second-order valence-corrected chi connectivity index (χ2v) is 9.08. The van der Waals surface area contributed by atoms with Gasteiger partial charge >= 0.3 is 12.1 Å². The molecule has 0 aliphatic rings. The van der Waals surface area contributed by atoms with Crippen molar-refractivity contribution in [3.8, 4) is 22.6 Å². The average molecular weight is 517 g/mol. The van der Waals surface area contributed by atoms with Crippen LogP contribution in [0.4, 0.5) is 13.2 Å². The van der Waals surface area contributed by atoms with Gasteiger partial charge in [-0.05, 0) is 66.1 Å². The van der Waals surface area contributed by atoms with Gasteiger partial charge in [0.15, 0.2) is 0 Å². The number of carboxylic acids is 1. The maximum Gasteiger partial charge on any atom is 0.416 e. The molecule has 36 heavy (non-hydrogen) atoms. The van der Waals surface area contributed by atoms with Crippen LogP contribution in [-0.2, 0) is 6.18 Å². The average Bonchev–Trinajstić information content (AvgIpc) is 3.30. The van der Waals surface area contributed by atoms with Gasteiger partial charge in [-0.25, -0.2) is 9.78 Å². The molecule has 6 nitrogen and oxygen atoms in total. The number of hydrogen-bond acceptors (Lipinski definition) is 6. The highest BCUT2D eigenvalue weighted by atomic mass is 32.1. The first kappa shape index (κ1) is 25.5. The molecule has 0 amide bonds. The first-order valence-electron chi connectivity index (χ1n) is 11.0. The zero-order valence-corrected chi connectivity index (χ0v) is 20.2. The van der Waals surface area contributed by atoms with Crippen LogP contribution in [0.5, 0.6) is 11.5 Å². The second kappa shape index (κ2) is 10.5. The summed E-state index contributed by atoms with van der Waals surface area (Å²) in [6.45, 7) is 2.54. The Morgan fingerprint density at radius 1 is 1.08 bits per heavy atom. The molecule has 3 aromatic carbocycles. The van der Waals surface area contributed by atoms with E-state index in [0.29, 0.717) is 27.9 Å². The molecule has 4 rings (SSSR count). The molecule has 1 atom stereocenters. The van der Waals surface area contributed by atoms with Crippen molar-refractivity contribution < 1.29 is 32.5 Å². The number of benzene rings is 3. The number of alkyl halides is 3. The Kier molecular flexibility index (Phi) is 7.46. The van der Waals surface area contributed by atoms with Crippen LogP contribution in [0.2, 0.25) is 0 Å². The number of methoxy groups -OCH3 is 1. The summed E-state index contributed by atoms with van der Waals surface area (Å²) < 4.78 is 52.3. The predicted molar refractivity (Wildman–Crippen MR) is 132 cm³/mol. The molecule has 10 heteroatoms. The van der Waals surface area contributed by atoms with Crippen LogP contribution in [0, 0.1) is 0 Å². The van der Waals surface area contributed by atoms with E-state index in [1.807, 2.05) is 31.2 Å². The Labute approximate surface area is 209 Å². The van der Waals surface area contributed by atoms with Gasteiger partial charge in [0.2, 0.25) is 5.01 Å². The second-order valence-electron chi connectivity index (χ2n) is 8.05. The lowest BCUT2D eigenvalue weighted by Gasteiger charge is -2.16. The molecule has 0 fully saturated rings. The molecule has 0 aliphatic heterocycles. The number of nitrogens with zero attached hydrogens (tertiary/aromatic N) is 1. The van der Waals surface area contributed by atoms with E-state index in [1.54, 1.807) is 31.4 Å². The van der Waals surface area contributed by atoms with Gasteiger partial charge in [0, 0.05) is 12.6 Å². The summed E-state index contributed by atoms with van der Waals surface area (Å²) in [7, 11) is 1.59. The molecular formula is C26H23F3N2O4S. The van der Waals surface area contributed by atoms with Gasteiger partial charge in [-0.3, -0.25) is 0 Å². The van der Waals surface area contributed by atoms with Crippen molar-refractivity contribution in [3.05, 3.63) is 76.8 Å². The van der Waals surface area contributed by atoms with Crippen LogP contribution in [-0.4, -0.2) is 36.3 Å². The number of thiazole rings is 1. The highest BCUT2D eigenvalue weighted by molar-refractivity contribution is 7.20. The van der Waals surface area contributed by atoms with Gasteiger partial charge < -0.3 is 19.9 Å². The minimum Gasteiger partial charge on any atom is -0.497 e. The van der Waals surface area contributed by atoms with Crippen molar-refractivity contribution >= 4 is 27.5 Å². The third-order valence-corrected chi connectivity index (χ3v) is 6.56. The largest absolute Gasteiger partial charge is 0.497 e. The molecular weight excluding hydrogens is 493 g/mol. The smallest absolute Gasteiger partial charge is 0.416 e. The van der Waals surface area contributed by atoms with Gasteiger partial charge in [0.05, 0.1) is 22.9 Å². The first-order chi connectivity index (χ1) is 17.1. The normalized spacial score (nSPS) is 12.5. The van der Waals surface area contributed by atoms with Gasteiger partial charge in [0.25, 0.3) is 0 Å². The summed E-state index contributed by atoms with van der Waals surface area (Å²) in [5, 5.41) is 12.4. The number of halogens is 3. The number of nitrogens with one attached hydrogen (secondary N) is 1. The lowest BCUT2D eigenvalue weighted by atomic mass is 10.0. The van der Waals surface area contributed by atoms with E-state index in [4.69, 9.17) is 14.6 Å². The van der Waals surface area contributed by atoms with E-state index in [-0.39, 0.29) is 23.4 Å². The van der Waals surface area contributed by atoms with Crippen LogP contribution in [0.3, 0.4) is 0 Å². The van der Waals surface area contributed by atoms with Crippen LogP contribution < -0.4 is 14.8 Å². The van der Waals surface area contributed by atoms with Crippen molar-refractivity contribution in [1.82, 2.24) is 10.3 Å². The summed E-state index contributed by atoms with van der Waals surface area (Å²) in [5.41, 5.74) is 1.47. The third-order valence-electron chi connectivity index (χ3n) is 5.55. The quantitative estimate of drug-likeness (QED) is 0.250. The molecule has 0 saturated carbocycles. The molecule has 1 aromatic heterocycles. The van der Waals surface area contributed by atoms with Crippen LogP contribution in [0.25, 0.3) is 21.3 Å². The minimum atomic E-state index is -4.56. The molecule has 2 N–H and O–H groups in total. The van der Waals surface area contributed by atoms with Crippen LogP contribution >= 0.6 is 11.3 Å². The van der Waals surface area contributed by atoms with E-state index < -0.39 is 17.7 Å². The fraction of sp³-hybridized carbons (Fsp3) is 0.231. The Hall–Kier alpha value is -3.63. The first-order valence-corrected chi connectivity index (χ1v) is 11.8. The number of ether oxygens (including phenoxy) is 2. The standard InChI is InChI=1S/C26H23F3N2O4S/c1-15(16-4-3-5-20(11-16)34-2)30-8-9-35-21-12-18(10-19(14-21)26(27,28)29)17-6-7-22-23(13-17)36-24(31-22)25(32)33/h3-7,10-15,30H,8-9H2,1-2H3,(H,32,33)/t15-/m1/s1. The summed E-state index contributed by atoms with van der Waals surface area (Å²) in [4.78, 5) is 15.2. The zero-order chi connectivity index (χ0) is 25.9. The van der Waals surface area contributed by atoms with E-state index >= 15 is 0 Å². The van der Waals surface area contributed by atoms with E-state index in [9.17, 15) is 18.0 Å². The monoisotopic (exact) mass is 516 g/mol. The van der Waals surface area contributed by atoms with Crippen molar-refractivity contribution in [3.63, 3.8) is 0 Å². The zero-order valence-electron chi connectivity index (χ0n) is 19.4. The molecule has 0 radical (unpaired) electrons. The highest BCUT2D eigenvalue weighted by Crippen LogP contribution is 2.37. The number of fused-ring (bicyclic) bond motifs is 1. The molecule has 0 saturated heterocycles. The molecule has 0 unspecified atom stereocenters. The van der Waals surface area contributed by atoms with Gasteiger partial charge in [0.1, 0.15) is 18.1 Å². The molecule has 1 heterocycles. The summed E-state index contributed by atoms with van der Waals surface area (Å²) in [6, 6.07) is 16.0. The summed E-state index contributed by atoms with van der Waals surface area (Å²) >= 11 is 0.968. The van der Waals surface area contributed by atoms with Crippen molar-refractivity contribution in [1.29, 1.82) is 0 Å². The fourth-order valence-corrected chi connectivity index (χ4v) is 4.53. The van der Waals surface area contributed by atoms with Crippen molar-refractivity contribution in [2.45, 2.75) is 19.1 Å². The number of hydrogen-bond donors (Lipinski definition) is 2. The number of rotatable bonds is 9. The lowest BCUT2D eigenvalue weighted by Crippen LogP contribution is -2.24. The molecule has 0 aliphatic carbocycles. The van der Waals surface area contributed by atoms with Gasteiger partial charge in [-0.15, -0.1) is 11.3 Å². The maximum absolute atomic E-state index is 13.6. The number of carbonyl (C=O) groups is 1. The summed E-state index contributed by atoms with van der Waals surface area (Å²) in [5.74, 6) is -0.322. The lowest BCUT2D eigenvalue weighted by molar-refractivity contribution is -0.137. The highest BCUT2D eigenvalue weighted by Gasteiger charge is 2.31. The Bertz CT molecular complexity index is 1390. The molecule has 0 spiro atoms. The van der Waals surface area contributed by atoms with Crippen LogP contribution in [0.15, 0.2) is 60.7 Å². The minimum absolute atomic E-state index is 0.0115. The van der Waals surface area contributed by atoms with Gasteiger partial charge in [-0.1, -0.05) is 18.2 Å². The van der Waals surface area contributed by atoms with Gasteiger partial charge in [-0.2, -0.15) is 13.2 Å². The Morgan fingerprint density at radius 3 is 2.61 bits per heavy atom. The maximum atomic E-state index is 13.6. The number of aromatic carboxylic acids is 1. The third kappa shape index (κ3) is 5.95. The molecule has 0 bridgehead atoms. The fourth-order valence-electron chi connectivity index (χ4n) is 3.68. The Balaban J connectivity index is 1.50. The van der Waals surface area contributed by atoms with Crippen molar-refractivity contribution in [2.24, 2.45) is 0 Å². The predicted octanol–water partition coefficient (Wildman–Crippen LogP) is 6.42. The molecule has 4 aromatic rings. The van der Waals surface area contributed by atoms with E-state index in [2.05, 4.69) is 10.3 Å². The number of aromatic nitrogens is 1. The Morgan fingerprint density at radius 2 is 1.89 bits per heavy atom. The molecule has 188 valence electrons. The van der Waals surface area contributed by atoms with E-state index in [1.165, 1.54) is 0 Å². The topological polar surface area (TPSA) is 80.7 Å². The summed E-state index contributed by atoms with van der Waals surface area (Å²) in [6.07, 6.45) is -4.56. The SMILES string of the molecule is COc1cccc([C@@H](C)NCCOc2cc(-c3ccc4nc(C(=O)O)sc4c3)cc(C(F)(F)F)c2)c1. The van der Waals surface area contributed by atoms with Crippen LogP contribution in [0.1, 0.15) is 33.9 Å². The van der Waals surface area contributed by atoms with E-state index in [0.717, 1.165) is 34.8 Å². The van der Waals surface area contributed by atoms with Crippen molar-refractivity contribution in [2.75, 3.05) is 20.3 Å². The number of carboxylic acid groups (broad SMARTS) is 1.